The number of nitrogens with two attached hydrogens (primary N) is 1. The second kappa shape index (κ2) is 6.87. The Morgan fingerprint density at radius 1 is 1.05 bits per heavy atom. The Hall–Kier alpha value is -1.38. The molecule has 0 aliphatic rings. The lowest BCUT2D eigenvalue weighted by molar-refractivity contribution is 0.511. The summed E-state index contributed by atoms with van der Waals surface area (Å²) in [5.74, 6) is -0.110. The lowest BCUT2D eigenvalue weighted by atomic mass is 9.91. The summed E-state index contributed by atoms with van der Waals surface area (Å²) in [6.45, 7) is 2.61. The predicted octanol–water partition coefficient (Wildman–Crippen LogP) is 4.15. The second-order valence-electron chi connectivity index (χ2n) is 5.15. The van der Waals surface area contributed by atoms with Gasteiger partial charge in [-0.3, -0.25) is 0 Å². The van der Waals surface area contributed by atoms with Crippen LogP contribution in [0, 0.1) is 18.7 Å². The number of hydrogen-bond donors (Lipinski definition) is 1. The zero-order valence-corrected chi connectivity index (χ0v) is 12.3. The van der Waals surface area contributed by atoms with Crippen LogP contribution in [-0.4, -0.2) is 6.54 Å². The van der Waals surface area contributed by atoms with Crippen molar-refractivity contribution in [1.29, 1.82) is 0 Å². The van der Waals surface area contributed by atoms with Crippen LogP contribution >= 0.6 is 11.6 Å². The molecule has 0 spiro atoms. The average molecular weight is 292 g/mol. The van der Waals surface area contributed by atoms with Crippen molar-refractivity contribution in [2.24, 2.45) is 11.7 Å². The molecule has 0 fully saturated rings. The summed E-state index contributed by atoms with van der Waals surface area (Å²) in [5.41, 5.74) is 9.01. The van der Waals surface area contributed by atoms with Crippen LogP contribution in [0.4, 0.5) is 4.39 Å². The molecule has 0 saturated heterocycles. The molecule has 0 aliphatic carbocycles. The van der Waals surface area contributed by atoms with Crippen molar-refractivity contribution in [3.8, 4) is 0 Å². The van der Waals surface area contributed by atoms with Crippen molar-refractivity contribution >= 4 is 11.6 Å². The summed E-state index contributed by atoms with van der Waals surface area (Å²) < 4.78 is 13.9. The first-order valence-corrected chi connectivity index (χ1v) is 7.17. The zero-order chi connectivity index (χ0) is 14.5. The minimum atomic E-state index is -0.322. The third-order valence-corrected chi connectivity index (χ3v) is 3.94. The average Bonchev–Trinajstić information content (AvgIpc) is 2.45. The topological polar surface area (TPSA) is 26.0 Å². The van der Waals surface area contributed by atoms with Gasteiger partial charge in [-0.25, -0.2) is 4.39 Å². The van der Waals surface area contributed by atoms with Gasteiger partial charge in [0.15, 0.2) is 0 Å². The molecule has 2 rings (SSSR count). The Balaban J connectivity index is 2.14. The van der Waals surface area contributed by atoms with Gasteiger partial charge in [0.2, 0.25) is 0 Å². The number of aryl methyl sites for hydroxylation is 1. The first-order valence-electron chi connectivity index (χ1n) is 6.79. The fourth-order valence-corrected chi connectivity index (χ4v) is 2.60. The fraction of sp³-hybridized carbons (Fsp3) is 0.294. The largest absolute Gasteiger partial charge is 0.330 e. The van der Waals surface area contributed by atoms with Crippen molar-refractivity contribution in [2.45, 2.75) is 19.8 Å². The Labute approximate surface area is 124 Å². The van der Waals surface area contributed by atoms with Crippen molar-refractivity contribution in [1.82, 2.24) is 0 Å². The highest BCUT2D eigenvalue weighted by atomic mass is 35.5. The fourth-order valence-electron chi connectivity index (χ4n) is 2.41. The van der Waals surface area contributed by atoms with E-state index in [9.17, 15) is 4.39 Å². The molecule has 0 aliphatic heterocycles. The number of halogens is 2. The smallest absolute Gasteiger partial charge is 0.144 e. The Morgan fingerprint density at radius 3 is 2.40 bits per heavy atom. The molecular formula is C17H19ClFN. The lowest BCUT2D eigenvalue weighted by Crippen LogP contribution is -2.20. The van der Waals surface area contributed by atoms with Crippen LogP contribution in [0.1, 0.15) is 16.7 Å². The van der Waals surface area contributed by atoms with E-state index in [0.717, 1.165) is 6.42 Å². The minimum absolute atomic E-state index is 0.175. The van der Waals surface area contributed by atoms with Crippen LogP contribution in [0.2, 0.25) is 5.02 Å². The highest BCUT2D eigenvalue weighted by Gasteiger charge is 2.14. The van der Waals surface area contributed by atoms with E-state index in [-0.39, 0.29) is 16.8 Å². The second-order valence-corrected chi connectivity index (χ2v) is 5.56. The van der Waals surface area contributed by atoms with E-state index < -0.39 is 0 Å². The molecule has 0 saturated carbocycles. The van der Waals surface area contributed by atoms with Gasteiger partial charge in [-0.1, -0.05) is 48.0 Å². The van der Waals surface area contributed by atoms with Gasteiger partial charge in [0.25, 0.3) is 0 Å². The lowest BCUT2D eigenvalue weighted by Gasteiger charge is -2.17. The highest BCUT2D eigenvalue weighted by molar-refractivity contribution is 6.30. The number of hydrogen-bond acceptors (Lipinski definition) is 1. The summed E-state index contributed by atoms with van der Waals surface area (Å²) in [5, 5.41) is 0.175. The summed E-state index contributed by atoms with van der Waals surface area (Å²) in [7, 11) is 0. The molecule has 0 amide bonds. The molecule has 2 N–H and O–H groups in total. The van der Waals surface area contributed by atoms with Crippen molar-refractivity contribution in [2.75, 3.05) is 6.54 Å². The van der Waals surface area contributed by atoms with Gasteiger partial charge in [0.1, 0.15) is 5.82 Å². The normalized spacial score (nSPS) is 12.4. The summed E-state index contributed by atoms with van der Waals surface area (Å²) in [4.78, 5) is 0. The predicted molar refractivity (Wildman–Crippen MR) is 82.5 cm³/mol. The minimum Gasteiger partial charge on any atom is -0.330 e. The Bertz CT molecular complexity index is 583. The number of benzene rings is 2. The van der Waals surface area contributed by atoms with Crippen LogP contribution in [0.5, 0.6) is 0 Å². The Kier molecular flexibility index (Phi) is 5.16. The van der Waals surface area contributed by atoms with Gasteiger partial charge in [-0.2, -0.15) is 0 Å². The van der Waals surface area contributed by atoms with E-state index in [1.807, 2.05) is 12.1 Å². The maximum Gasteiger partial charge on any atom is 0.144 e. The molecule has 0 heterocycles. The molecule has 2 aromatic rings. The maximum absolute atomic E-state index is 13.9. The molecule has 0 bridgehead atoms. The van der Waals surface area contributed by atoms with E-state index in [4.69, 9.17) is 17.3 Å². The van der Waals surface area contributed by atoms with Gasteiger partial charge >= 0.3 is 0 Å². The van der Waals surface area contributed by atoms with Crippen LogP contribution < -0.4 is 5.73 Å². The van der Waals surface area contributed by atoms with Crippen molar-refractivity contribution < 1.29 is 4.39 Å². The molecular weight excluding hydrogens is 273 g/mol. The first-order chi connectivity index (χ1) is 9.61. The van der Waals surface area contributed by atoms with Crippen molar-refractivity contribution in [3.05, 3.63) is 70.0 Å². The first kappa shape index (κ1) is 15.0. The van der Waals surface area contributed by atoms with Crippen LogP contribution in [0.15, 0.2) is 42.5 Å². The molecule has 20 heavy (non-hydrogen) atoms. The molecule has 0 radical (unpaired) electrons. The summed E-state index contributed by atoms with van der Waals surface area (Å²) >= 11 is 5.82. The number of rotatable bonds is 5. The summed E-state index contributed by atoms with van der Waals surface area (Å²) in [6, 6.07) is 13.4. The van der Waals surface area contributed by atoms with E-state index in [2.05, 4.69) is 19.1 Å². The van der Waals surface area contributed by atoms with E-state index in [1.54, 1.807) is 18.2 Å². The van der Waals surface area contributed by atoms with Gasteiger partial charge in [0.05, 0.1) is 5.02 Å². The maximum atomic E-state index is 13.9. The standard InChI is InChI=1S/C17H19ClFN/c1-12-5-2-3-6-14(12)9-13(11-20)10-15-7-4-8-16(18)17(15)19/h2-8,13H,9-11,20H2,1H3. The van der Waals surface area contributed by atoms with Gasteiger partial charge in [-0.15, -0.1) is 0 Å². The third-order valence-electron chi connectivity index (χ3n) is 3.64. The van der Waals surface area contributed by atoms with E-state index in [0.29, 0.717) is 18.5 Å². The van der Waals surface area contributed by atoms with Crippen LogP contribution in [0.25, 0.3) is 0 Å². The van der Waals surface area contributed by atoms with Crippen LogP contribution in [0.3, 0.4) is 0 Å². The van der Waals surface area contributed by atoms with Gasteiger partial charge in [-0.05, 0) is 55.0 Å². The summed E-state index contributed by atoms with van der Waals surface area (Å²) in [6.07, 6.45) is 1.46. The van der Waals surface area contributed by atoms with Gasteiger partial charge < -0.3 is 5.73 Å². The monoisotopic (exact) mass is 291 g/mol. The zero-order valence-electron chi connectivity index (χ0n) is 11.6. The van der Waals surface area contributed by atoms with Gasteiger partial charge in [0, 0.05) is 0 Å². The molecule has 106 valence electrons. The van der Waals surface area contributed by atoms with Crippen molar-refractivity contribution in [3.63, 3.8) is 0 Å². The molecule has 0 aromatic heterocycles. The molecule has 1 unspecified atom stereocenters. The highest BCUT2D eigenvalue weighted by Crippen LogP contribution is 2.22. The van der Waals surface area contributed by atoms with Crippen LogP contribution in [-0.2, 0) is 12.8 Å². The molecule has 3 heteroatoms. The Morgan fingerprint density at radius 2 is 1.70 bits per heavy atom. The molecule has 1 nitrogen and oxygen atoms in total. The molecule has 1 atom stereocenters. The quantitative estimate of drug-likeness (QED) is 0.880. The third kappa shape index (κ3) is 3.59. The van der Waals surface area contributed by atoms with E-state index >= 15 is 0 Å². The molecule has 2 aromatic carbocycles. The SMILES string of the molecule is Cc1ccccc1CC(CN)Cc1cccc(Cl)c1F. The van der Waals surface area contributed by atoms with E-state index in [1.165, 1.54) is 11.1 Å².